The molecule has 6 nitrogen and oxygen atoms in total. The van der Waals surface area contributed by atoms with Gasteiger partial charge in [-0.25, -0.2) is 0 Å². The number of hydrogen-bond acceptors (Lipinski definition) is 4. The van der Waals surface area contributed by atoms with Gasteiger partial charge in [-0.15, -0.1) is 0 Å². The molecule has 3 heterocycles. The number of H-pyrrole nitrogens is 1. The Kier molecular flexibility index (Phi) is 4.34. The molecule has 1 fully saturated rings. The van der Waals surface area contributed by atoms with Crippen LogP contribution in [0.1, 0.15) is 42.9 Å². The molecule has 0 aliphatic carbocycles. The van der Waals surface area contributed by atoms with Gasteiger partial charge in [-0.2, -0.15) is 5.10 Å². The Bertz CT molecular complexity index is 744. The molecule has 4 rings (SSSR count). The number of nitrogens with zero attached hydrogens (tertiary/aromatic N) is 2. The highest BCUT2D eigenvalue weighted by Crippen LogP contribution is 2.34. The predicted octanol–water partition coefficient (Wildman–Crippen LogP) is 2.69. The number of ether oxygens (including phenoxy) is 2. The summed E-state index contributed by atoms with van der Waals surface area (Å²) in [7, 11) is 0. The van der Waals surface area contributed by atoms with E-state index in [9.17, 15) is 4.79 Å². The van der Waals surface area contributed by atoms with Crippen molar-refractivity contribution in [3.05, 3.63) is 41.7 Å². The number of fused-ring (bicyclic) bond motifs is 1. The van der Waals surface area contributed by atoms with E-state index in [2.05, 4.69) is 10.2 Å². The Labute approximate surface area is 147 Å². The lowest BCUT2D eigenvalue weighted by Gasteiger charge is -2.34. The van der Waals surface area contributed by atoms with E-state index in [1.807, 2.05) is 36.1 Å². The Balaban J connectivity index is 1.48. The maximum absolute atomic E-state index is 13.0. The van der Waals surface area contributed by atoms with Crippen molar-refractivity contribution in [3.8, 4) is 11.5 Å². The van der Waals surface area contributed by atoms with Crippen LogP contribution >= 0.6 is 0 Å². The minimum atomic E-state index is -0.198. The zero-order valence-electron chi connectivity index (χ0n) is 14.4. The third kappa shape index (κ3) is 3.21. The minimum Gasteiger partial charge on any atom is -0.486 e. The summed E-state index contributed by atoms with van der Waals surface area (Å²) in [5.41, 5.74) is 2.09. The van der Waals surface area contributed by atoms with Crippen molar-refractivity contribution in [3.63, 3.8) is 0 Å². The summed E-state index contributed by atoms with van der Waals surface area (Å²) in [5, 5.41) is 7.08. The maximum atomic E-state index is 13.0. The van der Waals surface area contributed by atoms with E-state index in [0.717, 1.165) is 48.7 Å². The van der Waals surface area contributed by atoms with Gasteiger partial charge in [0.25, 0.3) is 0 Å². The zero-order valence-corrected chi connectivity index (χ0v) is 14.4. The molecule has 0 bridgehead atoms. The molecule has 2 atom stereocenters. The number of aromatic nitrogens is 2. The molecule has 0 saturated carbocycles. The van der Waals surface area contributed by atoms with Gasteiger partial charge < -0.3 is 14.4 Å². The Morgan fingerprint density at radius 3 is 2.92 bits per heavy atom. The first-order chi connectivity index (χ1) is 12.2. The molecule has 1 aromatic carbocycles. The van der Waals surface area contributed by atoms with Gasteiger partial charge in [0.05, 0.1) is 5.92 Å². The number of rotatable bonds is 3. The van der Waals surface area contributed by atoms with E-state index in [1.165, 1.54) is 0 Å². The molecule has 132 valence electrons. The van der Waals surface area contributed by atoms with Crippen molar-refractivity contribution in [2.45, 2.75) is 31.6 Å². The summed E-state index contributed by atoms with van der Waals surface area (Å²) >= 11 is 0. The van der Waals surface area contributed by atoms with E-state index >= 15 is 0 Å². The summed E-state index contributed by atoms with van der Waals surface area (Å²) in [6.07, 6.45) is 3.88. The standard InChI is InChI=1S/C19H23N3O3/c1-13(14-4-5-17-18(11-14)25-10-9-24-17)19(23)22-8-2-3-15(12-22)16-6-7-20-21-16/h4-7,11,13,15H,2-3,8-10,12H2,1H3,(H,20,21)/t13-,15-/m0/s1. The van der Waals surface area contributed by atoms with Crippen LogP contribution in [0.25, 0.3) is 0 Å². The van der Waals surface area contributed by atoms with E-state index in [-0.39, 0.29) is 11.8 Å². The van der Waals surface area contributed by atoms with Crippen LogP contribution in [0.4, 0.5) is 0 Å². The van der Waals surface area contributed by atoms with Crippen LogP contribution in [0.2, 0.25) is 0 Å². The van der Waals surface area contributed by atoms with Gasteiger partial charge in [0.2, 0.25) is 5.91 Å². The number of likely N-dealkylation sites (tertiary alicyclic amines) is 1. The first kappa shape index (κ1) is 16.0. The number of amides is 1. The van der Waals surface area contributed by atoms with Gasteiger partial charge in [-0.1, -0.05) is 6.07 Å². The van der Waals surface area contributed by atoms with Gasteiger partial charge in [0, 0.05) is 30.9 Å². The molecule has 25 heavy (non-hydrogen) atoms. The Morgan fingerprint density at radius 1 is 1.28 bits per heavy atom. The molecule has 2 aliphatic rings. The van der Waals surface area contributed by atoms with Crippen molar-refractivity contribution >= 4 is 5.91 Å². The second-order valence-electron chi connectivity index (χ2n) is 6.76. The highest BCUT2D eigenvalue weighted by atomic mass is 16.6. The highest BCUT2D eigenvalue weighted by molar-refractivity contribution is 5.83. The highest BCUT2D eigenvalue weighted by Gasteiger charge is 2.29. The molecule has 2 aliphatic heterocycles. The van der Waals surface area contributed by atoms with E-state index < -0.39 is 0 Å². The maximum Gasteiger partial charge on any atom is 0.229 e. The van der Waals surface area contributed by atoms with Crippen molar-refractivity contribution in [1.82, 2.24) is 15.1 Å². The second kappa shape index (κ2) is 6.78. The number of benzene rings is 1. The topological polar surface area (TPSA) is 67.5 Å². The van der Waals surface area contributed by atoms with Gasteiger partial charge in [0.1, 0.15) is 13.2 Å². The molecule has 1 N–H and O–H groups in total. The lowest BCUT2D eigenvalue weighted by Crippen LogP contribution is -2.41. The van der Waals surface area contributed by atoms with Crippen molar-refractivity contribution in [2.24, 2.45) is 0 Å². The summed E-state index contributed by atoms with van der Waals surface area (Å²) in [4.78, 5) is 15.0. The number of carbonyl (C=O) groups is 1. The van der Waals surface area contributed by atoms with Gasteiger partial charge in [-0.05, 0) is 43.5 Å². The zero-order chi connectivity index (χ0) is 17.2. The van der Waals surface area contributed by atoms with Crippen molar-refractivity contribution in [2.75, 3.05) is 26.3 Å². The molecule has 0 spiro atoms. The first-order valence-electron chi connectivity index (χ1n) is 8.90. The molecule has 6 heteroatoms. The molecule has 0 radical (unpaired) electrons. The minimum absolute atomic E-state index is 0.167. The van der Waals surface area contributed by atoms with E-state index in [1.54, 1.807) is 6.20 Å². The molecular weight excluding hydrogens is 318 g/mol. The molecule has 2 aromatic rings. The summed E-state index contributed by atoms with van der Waals surface area (Å²) < 4.78 is 11.2. The van der Waals surface area contributed by atoms with Crippen LogP contribution in [0.15, 0.2) is 30.5 Å². The average molecular weight is 341 g/mol. The molecule has 1 amide bonds. The van der Waals surface area contributed by atoms with E-state index in [4.69, 9.17) is 9.47 Å². The summed E-state index contributed by atoms with van der Waals surface area (Å²) in [6.45, 7) is 4.65. The van der Waals surface area contributed by atoms with Crippen LogP contribution in [-0.4, -0.2) is 47.3 Å². The second-order valence-corrected chi connectivity index (χ2v) is 6.76. The molecular formula is C19H23N3O3. The largest absolute Gasteiger partial charge is 0.486 e. The Morgan fingerprint density at radius 2 is 2.12 bits per heavy atom. The number of piperidine rings is 1. The van der Waals surface area contributed by atoms with Gasteiger partial charge in [0.15, 0.2) is 11.5 Å². The molecule has 1 saturated heterocycles. The third-order valence-electron chi connectivity index (χ3n) is 5.13. The Hall–Kier alpha value is -2.50. The normalized spacial score (nSPS) is 21.0. The van der Waals surface area contributed by atoms with Crippen LogP contribution in [0.5, 0.6) is 11.5 Å². The van der Waals surface area contributed by atoms with Crippen molar-refractivity contribution in [1.29, 1.82) is 0 Å². The van der Waals surface area contributed by atoms with Crippen LogP contribution in [0.3, 0.4) is 0 Å². The SMILES string of the molecule is C[C@H](C(=O)N1CCC[C@H](c2ccn[nH]2)C1)c1ccc2c(c1)OCCO2. The van der Waals surface area contributed by atoms with E-state index in [0.29, 0.717) is 19.1 Å². The predicted molar refractivity (Wildman–Crippen MR) is 93.0 cm³/mol. The fourth-order valence-corrected chi connectivity index (χ4v) is 3.67. The number of nitrogens with one attached hydrogen (secondary N) is 1. The third-order valence-corrected chi connectivity index (χ3v) is 5.13. The average Bonchev–Trinajstić information content (AvgIpc) is 3.21. The number of hydrogen-bond donors (Lipinski definition) is 1. The molecule has 1 aromatic heterocycles. The number of carbonyl (C=O) groups excluding carboxylic acids is 1. The van der Waals surface area contributed by atoms with Gasteiger partial charge in [-0.3, -0.25) is 9.89 Å². The fraction of sp³-hybridized carbons (Fsp3) is 0.474. The fourth-order valence-electron chi connectivity index (χ4n) is 3.67. The lowest BCUT2D eigenvalue weighted by molar-refractivity contribution is -0.133. The lowest BCUT2D eigenvalue weighted by atomic mass is 9.92. The van der Waals surface area contributed by atoms with Gasteiger partial charge >= 0.3 is 0 Å². The summed E-state index contributed by atoms with van der Waals surface area (Å²) in [6, 6.07) is 7.81. The first-order valence-corrected chi connectivity index (χ1v) is 8.90. The molecule has 0 unspecified atom stereocenters. The number of aromatic amines is 1. The quantitative estimate of drug-likeness (QED) is 0.932. The van der Waals surface area contributed by atoms with Crippen molar-refractivity contribution < 1.29 is 14.3 Å². The monoisotopic (exact) mass is 341 g/mol. The van der Waals surface area contributed by atoms with Crippen LogP contribution < -0.4 is 9.47 Å². The smallest absolute Gasteiger partial charge is 0.229 e. The van der Waals surface area contributed by atoms with Crippen LogP contribution in [0, 0.1) is 0 Å². The summed E-state index contributed by atoms with van der Waals surface area (Å²) in [5.74, 6) is 1.80. The van der Waals surface area contributed by atoms with Crippen LogP contribution in [-0.2, 0) is 4.79 Å².